The van der Waals surface area contributed by atoms with Crippen molar-refractivity contribution >= 4 is 5.69 Å². The van der Waals surface area contributed by atoms with Crippen LogP contribution >= 0.6 is 0 Å². The fraction of sp³-hybridized carbons (Fsp3) is 0.600. The van der Waals surface area contributed by atoms with E-state index in [9.17, 15) is 0 Å². The van der Waals surface area contributed by atoms with E-state index in [1.54, 1.807) is 13.0 Å². The summed E-state index contributed by atoms with van der Waals surface area (Å²) >= 11 is 0. The van der Waals surface area contributed by atoms with Gasteiger partial charge < -0.3 is 5.73 Å². The van der Waals surface area contributed by atoms with Crippen LogP contribution in [0.25, 0.3) is 0 Å². The van der Waals surface area contributed by atoms with Crippen LogP contribution in [0.2, 0.25) is 0 Å². The van der Waals surface area contributed by atoms with Crippen molar-refractivity contribution in [3.63, 3.8) is 0 Å². The lowest BCUT2D eigenvalue weighted by molar-refractivity contribution is 0.0888. The Labute approximate surface area is 103 Å². The van der Waals surface area contributed by atoms with Crippen LogP contribution < -0.4 is 5.73 Å². The van der Waals surface area contributed by atoms with Crippen LogP contribution in [0.1, 0.15) is 51.0 Å². The van der Waals surface area contributed by atoms with Crippen molar-refractivity contribution in [1.29, 1.82) is 0 Å². The molecule has 1 aromatic carbocycles. The minimum absolute atomic E-state index is 0.145. The molecule has 0 saturated heterocycles. The highest BCUT2D eigenvalue weighted by Gasteiger charge is 2.35. The molecule has 0 bridgehead atoms. The van der Waals surface area contributed by atoms with Gasteiger partial charge in [0.15, 0.2) is 0 Å². The van der Waals surface area contributed by atoms with Crippen LogP contribution in [0.4, 0.5) is 10.1 Å². The van der Waals surface area contributed by atoms with Crippen LogP contribution in [0.5, 0.6) is 0 Å². The Balaban J connectivity index is 2.21. The number of alkyl halides is 1. The molecule has 2 heteroatoms. The van der Waals surface area contributed by atoms with E-state index in [0.717, 1.165) is 31.2 Å². The van der Waals surface area contributed by atoms with Crippen LogP contribution in [0.3, 0.4) is 0 Å². The monoisotopic (exact) mass is 235 g/mol. The molecule has 1 aliphatic rings. The highest BCUT2D eigenvalue weighted by Crippen LogP contribution is 2.41. The lowest BCUT2D eigenvalue weighted by atomic mass is 9.80. The van der Waals surface area contributed by atoms with Gasteiger partial charge in [0, 0.05) is 5.69 Å². The summed E-state index contributed by atoms with van der Waals surface area (Å²) in [5.74, 6) is 0.145. The number of hydrogen-bond acceptors (Lipinski definition) is 1. The Morgan fingerprint density at radius 2 is 1.82 bits per heavy atom. The van der Waals surface area contributed by atoms with Gasteiger partial charge in [0.05, 0.1) is 0 Å². The van der Waals surface area contributed by atoms with Gasteiger partial charge in [-0.3, -0.25) is 0 Å². The number of anilines is 1. The van der Waals surface area contributed by atoms with E-state index in [1.807, 2.05) is 18.2 Å². The molecule has 1 unspecified atom stereocenters. The first-order valence-corrected chi connectivity index (χ1v) is 6.65. The predicted molar refractivity (Wildman–Crippen MR) is 70.5 cm³/mol. The maximum absolute atomic E-state index is 15.0. The zero-order valence-electron chi connectivity index (χ0n) is 10.6. The molecule has 2 N–H and O–H groups in total. The molecule has 0 aromatic heterocycles. The van der Waals surface area contributed by atoms with Crippen molar-refractivity contribution in [2.45, 2.75) is 51.1 Å². The van der Waals surface area contributed by atoms with Crippen LogP contribution in [-0.2, 0) is 5.67 Å². The summed E-state index contributed by atoms with van der Waals surface area (Å²) in [5, 5.41) is 0. The zero-order chi connectivity index (χ0) is 12.3. The molecule has 1 fully saturated rings. The molecule has 1 nitrogen and oxygen atoms in total. The average molecular weight is 235 g/mol. The zero-order valence-corrected chi connectivity index (χ0v) is 10.6. The second-order valence-electron chi connectivity index (χ2n) is 5.39. The van der Waals surface area contributed by atoms with Gasteiger partial charge in [0.1, 0.15) is 5.67 Å². The van der Waals surface area contributed by atoms with E-state index in [2.05, 4.69) is 0 Å². The number of hydrogen-bond donors (Lipinski definition) is 1. The van der Waals surface area contributed by atoms with Gasteiger partial charge in [-0.1, -0.05) is 37.8 Å². The van der Waals surface area contributed by atoms with E-state index < -0.39 is 5.67 Å². The Bertz CT molecular complexity index is 365. The Morgan fingerprint density at radius 1 is 1.18 bits per heavy atom. The average Bonchev–Trinajstić information content (AvgIpc) is 2.58. The lowest BCUT2D eigenvalue weighted by Gasteiger charge is -2.30. The first-order chi connectivity index (χ1) is 8.10. The molecular formula is C15H22FN. The van der Waals surface area contributed by atoms with E-state index in [1.165, 1.54) is 12.8 Å². The summed E-state index contributed by atoms with van der Waals surface area (Å²) in [4.78, 5) is 0. The van der Waals surface area contributed by atoms with Gasteiger partial charge in [-0.25, -0.2) is 4.39 Å². The third-order valence-corrected chi connectivity index (χ3v) is 4.07. The summed E-state index contributed by atoms with van der Waals surface area (Å²) in [6.45, 7) is 1.72. The highest BCUT2D eigenvalue weighted by atomic mass is 19.1. The molecule has 0 heterocycles. The van der Waals surface area contributed by atoms with E-state index >= 15 is 4.39 Å². The van der Waals surface area contributed by atoms with Crippen LogP contribution in [-0.4, -0.2) is 0 Å². The minimum Gasteiger partial charge on any atom is -0.399 e. The number of rotatable bonds is 2. The summed E-state index contributed by atoms with van der Waals surface area (Å²) in [7, 11) is 0. The quantitative estimate of drug-likeness (QED) is 0.596. The molecule has 94 valence electrons. The molecule has 2 rings (SSSR count). The molecule has 1 aliphatic carbocycles. The molecule has 17 heavy (non-hydrogen) atoms. The Morgan fingerprint density at radius 3 is 2.41 bits per heavy atom. The molecule has 1 aromatic rings. The maximum Gasteiger partial charge on any atom is 0.136 e. The number of benzene rings is 1. The summed E-state index contributed by atoms with van der Waals surface area (Å²) in [6.07, 6.45) is 6.83. The van der Waals surface area contributed by atoms with E-state index in [-0.39, 0.29) is 5.92 Å². The van der Waals surface area contributed by atoms with Crippen molar-refractivity contribution in [2.24, 2.45) is 5.92 Å². The normalized spacial score (nSPS) is 21.8. The van der Waals surface area contributed by atoms with E-state index in [4.69, 9.17) is 5.73 Å². The summed E-state index contributed by atoms with van der Waals surface area (Å²) in [6, 6.07) is 7.30. The van der Waals surface area contributed by atoms with Gasteiger partial charge in [-0.2, -0.15) is 0 Å². The van der Waals surface area contributed by atoms with E-state index in [0.29, 0.717) is 5.69 Å². The fourth-order valence-corrected chi connectivity index (χ4v) is 2.90. The van der Waals surface area contributed by atoms with Gasteiger partial charge in [0.25, 0.3) is 0 Å². The largest absolute Gasteiger partial charge is 0.399 e. The second kappa shape index (κ2) is 5.07. The Kier molecular flexibility index (Phi) is 3.70. The lowest BCUT2D eigenvalue weighted by Crippen LogP contribution is -2.27. The van der Waals surface area contributed by atoms with Crippen molar-refractivity contribution in [1.82, 2.24) is 0 Å². The highest BCUT2D eigenvalue weighted by molar-refractivity contribution is 5.42. The van der Waals surface area contributed by atoms with Gasteiger partial charge in [0.2, 0.25) is 0 Å². The molecule has 1 atom stereocenters. The van der Waals surface area contributed by atoms with Gasteiger partial charge >= 0.3 is 0 Å². The smallest absolute Gasteiger partial charge is 0.136 e. The fourth-order valence-electron chi connectivity index (χ4n) is 2.90. The Hall–Kier alpha value is -1.05. The first kappa shape index (κ1) is 12.4. The van der Waals surface area contributed by atoms with Gasteiger partial charge in [-0.15, -0.1) is 0 Å². The molecule has 0 aliphatic heterocycles. The standard InChI is InChI=1S/C15H22FN/c1-15(16,12-7-4-2-3-5-8-12)13-9-6-10-14(17)11-13/h6,9-12H,2-5,7-8,17H2,1H3. The van der Waals surface area contributed by atoms with Crippen molar-refractivity contribution in [3.8, 4) is 0 Å². The molecule has 0 radical (unpaired) electrons. The molecule has 0 amide bonds. The van der Waals surface area contributed by atoms with Crippen LogP contribution in [0.15, 0.2) is 24.3 Å². The topological polar surface area (TPSA) is 26.0 Å². The predicted octanol–water partition coefficient (Wildman–Crippen LogP) is 4.42. The number of nitrogens with two attached hydrogens (primary N) is 1. The third kappa shape index (κ3) is 2.80. The SMILES string of the molecule is CC(F)(c1cccc(N)c1)C1CCCCCC1. The molecule has 0 spiro atoms. The third-order valence-electron chi connectivity index (χ3n) is 4.07. The minimum atomic E-state index is -1.24. The molecule has 1 saturated carbocycles. The maximum atomic E-state index is 15.0. The number of halogens is 1. The van der Waals surface area contributed by atoms with Crippen molar-refractivity contribution in [2.75, 3.05) is 5.73 Å². The van der Waals surface area contributed by atoms with Crippen molar-refractivity contribution in [3.05, 3.63) is 29.8 Å². The van der Waals surface area contributed by atoms with Crippen molar-refractivity contribution < 1.29 is 4.39 Å². The summed E-state index contributed by atoms with van der Waals surface area (Å²) < 4.78 is 15.0. The molecular weight excluding hydrogens is 213 g/mol. The number of nitrogen functional groups attached to an aromatic ring is 1. The first-order valence-electron chi connectivity index (χ1n) is 6.65. The van der Waals surface area contributed by atoms with Crippen LogP contribution in [0, 0.1) is 5.92 Å². The second-order valence-corrected chi connectivity index (χ2v) is 5.39. The van der Waals surface area contributed by atoms with Gasteiger partial charge in [-0.05, 0) is 43.4 Å². The summed E-state index contributed by atoms with van der Waals surface area (Å²) in [5.41, 5.74) is 5.91.